The van der Waals surface area contributed by atoms with Crippen molar-refractivity contribution >= 4 is 17.9 Å². The highest BCUT2D eigenvalue weighted by molar-refractivity contribution is 5.70. The quantitative estimate of drug-likeness (QED) is 0.0371. The molecule has 0 spiro atoms. The van der Waals surface area contributed by atoms with Gasteiger partial charge in [0.1, 0.15) is 13.2 Å². The molecule has 0 radical (unpaired) electrons. The predicted octanol–water partition coefficient (Wildman–Crippen LogP) is 17.6. The van der Waals surface area contributed by atoms with E-state index in [0.29, 0.717) is 25.8 Å². The van der Waals surface area contributed by atoms with Crippen LogP contribution in [0.5, 0.6) is 0 Å². The van der Waals surface area contributed by atoms with Crippen LogP contribution in [-0.2, 0) is 23.9 Å². The lowest BCUT2D eigenvalue weighted by Gasteiger charge is -2.33. The van der Waals surface area contributed by atoms with Gasteiger partial charge in [-0.25, -0.2) is 0 Å². The lowest BCUT2D eigenvalue weighted by atomic mass is 10.0. The van der Waals surface area contributed by atoms with Crippen molar-refractivity contribution in [2.24, 2.45) is 0 Å². The van der Waals surface area contributed by atoms with Crippen molar-refractivity contribution < 1.29 is 33.4 Å². The summed E-state index contributed by atoms with van der Waals surface area (Å²) in [7, 11) is 4.46. The molecule has 1 unspecified atom stereocenters. The number of ether oxygens (including phenoxy) is 2. The summed E-state index contributed by atoms with van der Waals surface area (Å²) in [5, 5.41) is 8.72. The lowest BCUT2D eigenvalue weighted by Crippen LogP contribution is -2.48. The maximum Gasteiger partial charge on any atom is 0.306 e. The number of carbonyl (C=O) groups excluding carboxylic acids is 2. The largest absolute Gasteiger partial charge is 0.481 e. The van der Waals surface area contributed by atoms with Crippen molar-refractivity contribution in [1.29, 1.82) is 0 Å². The second-order valence-electron chi connectivity index (χ2n) is 20.8. The molecule has 0 aliphatic carbocycles. The molecule has 380 valence electrons. The van der Waals surface area contributed by atoms with E-state index in [-0.39, 0.29) is 18.5 Å². The number of rotatable bonds is 53. The first-order chi connectivity index (χ1) is 31.2. The Morgan fingerprint density at radius 3 is 0.953 bits per heavy atom. The molecule has 0 rings (SSSR count). The Labute approximate surface area is 399 Å². The van der Waals surface area contributed by atoms with Crippen LogP contribution in [0.1, 0.15) is 309 Å². The number of carbonyl (C=O) groups is 3. The van der Waals surface area contributed by atoms with Gasteiger partial charge in [-0.3, -0.25) is 14.4 Å². The molecule has 0 bridgehead atoms. The molecule has 1 atom stereocenters. The number of nitrogens with zero attached hydrogens (tertiary/aromatic N) is 1. The van der Waals surface area contributed by atoms with E-state index >= 15 is 0 Å². The Bertz CT molecular complexity index is 1000. The fourth-order valence-corrected chi connectivity index (χ4v) is 9.31. The molecule has 7 heteroatoms. The van der Waals surface area contributed by atoms with E-state index in [0.717, 1.165) is 56.0 Å². The topological polar surface area (TPSA) is 89.9 Å². The molecule has 0 aliphatic heterocycles. The molecule has 0 heterocycles. The van der Waals surface area contributed by atoms with Crippen LogP contribution in [0.2, 0.25) is 0 Å². The van der Waals surface area contributed by atoms with Crippen LogP contribution in [0.4, 0.5) is 0 Å². The van der Waals surface area contributed by atoms with E-state index in [1.807, 2.05) is 0 Å². The summed E-state index contributed by atoms with van der Waals surface area (Å²) in [5.74, 6) is -0.960. The monoisotopic (exact) mass is 907 g/mol. The molecule has 0 amide bonds. The number of aliphatic carboxylic acids is 1. The summed E-state index contributed by atoms with van der Waals surface area (Å²) in [6.07, 6.45) is 55.6. The summed E-state index contributed by atoms with van der Waals surface area (Å²) in [4.78, 5) is 36.4. The fraction of sp³-hybridized carbons (Fsp3) is 0.947. The van der Waals surface area contributed by atoms with Gasteiger partial charge in [0.25, 0.3) is 0 Å². The molecular formula is C57H112NO6+. The van der Waals surface area contributed by atoms with Gasteiger partial charge in [0.2, 0.25) is 0 Å². The molecule has 7 nitrogen and oxygen atoms in total. The molecule has 64 heavy (non-hydrogen) atoms. The van der Waals surface area contributed by atoms with Crippen LogP contribution in [0.15, 0.2) is 0 Å². The van der Waals surface area contributed by atoms with Gasteiger partial charge in [-0.1, -0.05) is 258 Å². The first-order valence-corrected chi connectivity index (χ1v) is 28.6. The molecule has 0 aromatic rings. The standard InChI is InChI=1S/C57H111NO6/c1-5-7-9-11-13-15-17-24-29-33-37-41-45-49-56(61)63-53-54(64-57(62)50-46-42-38-34-30-25-18-16-14-12-10-8-6-2)52-58(3,4)51-47-43-39-35-31-27-23-21-19-20-22-26-28-32-36-40-44-48-55(59)60/h54H,5-53H2,1-4H3/p+1. The van der Waals surface area contributed by atoms with E-state index in [1.54, 1.807) is 0 Å². The highest BCUT2D eigenvalue weighted by Crippen LogP contribution is 2.18. The first kappa shape index (κ1) is 62.4. The van der Waals surface area contributed by atoms with Gasteiger partial charge in [-0.05, 0) is 32.1 Å². The van der Waals surface area contributed by atoms with Gasteiger partial charge >= 0.3 is 17.9 Å². The normalized spacial score (nSPS) is 12.2. The smallest absolute Gasteiger partial charge is 0.306 e. The summed E-state index contributed by atoms with van der Waals surface area (Å²) >= 11 is 0. The zero-order valence-corrected chi connectivity index (χ0v) is 43.7. The number of esters is 2. The summed E-state index contributed by atoms with van der Waals surface area (Å²) in [5.41, 5.74) is 0. The Hall–Kier alpha value is -1.63. The third kappa shape index (κ3) is 49.8. The number of quaternary nitrogens is 1. The second-order valence-corrected chi connectivity index (χ2v) is 20.8. The van der Waals surface area contributed by atoms with E-state index < -0.39 is 12.1 Å². The SMILES string of the molecule is CCCCCCCCCCCCCCCC(=O)OCC(C[N+](C)(C)CCCCCCCCCCCCCCCCCCCC(=O)O)OC(=O)CCCCCCCCCCCCCCC. The summed E-state index contributed by atoms with van der Waals surface area (Å²) in [6, 6.07) is 0. The van der Waals surface area contributed by atoms with Crippen molar-refractivity contribution in [2.45, 2.75) is 315 Å². The predicted molar refractivity (Wildman–Crippen MR) is 274 cm³/mol. The highest BCUT2D eigenvalue weighted by Gasteiger charge is 2.26. The Kier molecular flexibility index (Phi) is 48.0. The number of carboxylic acid groups (broad SMARTS) is 1. The van der Waals surface area contributed by atoms with Gasteiger partial charge in [-0.2, -0.15) is 0 Å². The minimum atomic E-state index is -0.668. The van der Waals surface area contributed by atoms with Crippen molar-refractivity contribution in [2.75, 3.05) is 33.8 Å². The third-order valence-electron chi connectivity index (χ3n) is 13.5. The molecule has 0 aliphatic rings. The minimum absolute atomic E-state index is 0.140. The van der Waals surface area contributed by atoms with Gasteiger partial charge in [0.05, 0.1) is 20.6 Å². The van der Waals surface area contributed by atoms with Crippen LogP contribution in [-0.4, -0.2) is 67.4 Å². The van der Waals surface area contributed by atoms with Crippen molar-refractivity contribution in [3.8, 4) is 0 Å². The Balaban J connectivity index is 4.38. The molecule has 1 N–H and O–H groups in total. The minimum Gasteiger partial charge on any atom is -0.481 e. The lowest BCUT2D eigenvalue weighted by molar-refractivity contribution is -0.893. The maximum atomic E-state index is 13.1. The van der Waals surface area contributed by atoms with E-state index in [9.17, 15) is 14.4 Å². The maximum absolute atomic E-state index is 13.1. The molecular weight excluding hydrogens is 795 g/mol. The molecule has 0 fully saturated rings. The van der Waals surface area contributed by atoms with E-state index in [2.05, 4.69) is 27.9 Å². The summed E-state index contributed by atoms with van der Waals surface area (Å²) in [6.45, 7) is 6.43. The van der Waals surface area contributed by atoms with Gasteiger partial charge in [0.15, 0.2) is 6.10 Å². The second kappa shape index (κ2) is 49.3. The van der Waals surface area contributed by atoms with Crippen LogP contribution >= 0.6 is 0 Å². The van der Waals surface area contributed by atoms with Crippen molar-refractivity contribution in [3.05, 3.63) is 0 Å². The first-order valence-electron chi connectivity index (χ1n) is 28.6. The Morgan fingerprint density at radius 2 is 0.641 bits per heavy atom. The fourth-order valence-electron chi connectivity index (χ4n) is 9.31. The highest BCUT2D eigenvalue weighted by atomic mass is 16.6. The molecule has 0 saturated carbocycles. The van der Waals surface area contributed by atoms with E-state index in [1.165, 1.54) is 231 Å². The zero-order chi connectivity index (χ0) is 46.9. The van der Waals surface area contributed by atoms with E-state index in [4.69, 9.17) is 14.6 Å². The number of unbranched alkanes of at least 4 members (excludes halogenated alkanes) is 40. The van der Waals surface area contributed by atoms with Gasteiger partial charge in [0, 0.05) is 19.3 Å². The van der Waals surface area contributed by atoms with Crippen molar-refractivity contribution in [1.82, 2.24) is 0 Å². The zero-order valence-electron chi connectivity index (χ0n) is 43.7. The van der Waals surface area contributed by atoms with Crippen LogP contribution < -0.4 is 0 Å². The average molecular weight is 908 g/mol. The van der Waals surface area contributed by atoms with Gasteiger partial charge in [-0.15, -0.1) is 0 Å². The molecule has 0 saturated heterocycles. The van der Waals surface area contributed by atoms with Gasteiger partial charge < -0.3 is 19.1 Å². The number of carboxylic acids is 1. The van der Waals surface area contributed by atoms with Crippen LogP contribution in [0.25, 0.3) is 0 Å². The van der Waals surface area contributed by atoms with Crippen LogP contribution in [0, 0.1) is 0 Å². The summed E-state index contributed by atoms with van der Waals surface area (Å²) < 4.78 is 12.6. The number of hydrogen-bond donors (Lipinski definition) is 1. The average Bonchev–Trinajstić information content (AvgIpc) is 3.26. The Morgan fingerprint density at radius 1 is 0.375 bits per heavy atom. The van der Waals surface area contributed by atoms with Crippen LogP contribution in [0.3, 0.4) is 0 Å². The number of hydrogen-bond acceptors (Lipinski definition) is 5. The number of likely N-dealkylation sites (N-methyl/N-ethyl adjacent to an activating group) is 1. The third-order valence-corrected chi connectivity index (χ3v) is 13.5. The molecule has 0 aromatic heterocycles. The van der Waals surface area contributed by atoms with Crippen molar-refractivity contribution in [3.63, 3.8) is 0 Å². The molecule has 0 aromatic carbocycles.